The number of furan rings is 1. The molecule has 0 aliphatic carbocycles. The van der Waals surface area contributed by atoms with Crippen LogP contribution in [0.1, 0.15) is 34.2 Å². The number of benzene rings is 1. The highest BCUT2D eigenvalue weighted by atomic mass is 16.5. The molecule has 0 aliphatic heterocycles. The molecule has 9 heteroatoms. The van der Waals surface area contributed by atoms with Crippen LogP contribution in [0.3, 0.4) is 0 Å². The maximum Gasteiger partial charge on any atom is 0.339 e. The lowest BCUT2D eigenvalue weighted by Gasteiger charge is -2.01. The Hall–Kier alpha value is -3.62. The van der Waals surface area contributed by atoms with Crippen molar-refractivity contribution in [1.82, 2.24) is 15.5 Å². The topological polar surface area (TPSA) is 128 Å². The van der Waals surface area contributed by atoms with Crippen molar-refractivity contribution in [2.24, 2.45) is 0 Å². The van der Waals surface area contributed by atoms with E-state index in [1.807, 2.05) is 12.1 Å². The van der Waals surface area contributed by atoms with Crippen LogP contribution < -0.4 is 10.1 Å². The van der Waals surface area contributed by atoms with Crippen LogP contribution in [0.4, 0.5) is 0 Å². The number of carboxylic acids is 1. The smallest absolute Gasteiger partial charge is 0.339 e. The fourth-order valence-electron chi connectivity index (χ4n) is 2.55. The highest BCUT2D eigenvalue weighted by molar-refractivity contribution is 5.88. The second-order valence-electron chi connectivity index (χ2n) is 6.00. The standard InChI is InChI=1S/C19H19N3O6/c1-11-15(19(24)25)9-14(27-11)10-20-16(23)7-8-17-21-18(22-28-17)12-3-5-13(26-2)6-4-12/h3-6,9H,7-8,10H2,1-2H3,(H,20,23)(H,24,25). The van der Waals surface area contributed by atoms with Gasteiger partial charge in [0, 0.05) is 18.4 Å². The molecular formula is C19H19N3O6. The first kappa shape index (κ1) is 19.2. The van der Waals surface area contributed by atoms with Gasteiger partial charge in [0.25, 0.3) is 0 Å². The number of rotatable bonds is 8. The molecule has 146 valence electrons. The molecule has 3 aromatic rings. The number of hydrogen-bond donors (Lipinski definition) is 2. The molecule has 2 aromatic heterocycles. The molecular weight excluding hydrogens is 366 g/mol. The number of carboxylic acid groups (broad SMARTS) is 1. The van der Waals surface area contributed by atoms with Crippen molar-refractivity contribution in [1.29, 1.82) is 0 Å². The summed E-state index contributed by atoms with van der Waals surface area (Å²) in [6, 6.07) is 8.63. The van der Waals surface area contributed by atoms with Gasteiger partial charge in [-0.15, -0.1) is 0 Å². The zero-order valence-corrected chi connectivity index (χ0v) is 15.4. The number of nitrogens with one attached hydrogen (secondary N) is 1. The van der Waals surface area contributed by atoms with Crippen molar-refractivity contribution in [3.8, 4) is 17.1 Å². The summed E-state index contributed by atoms with van der Waals surface area (Å²) < 4.78 is 15.6. The molecule has 1 amide bonds. The fourth-order valence-corrected chi connectivity index (χ4v) is 2.55. The highest BCUT2D eigenvalue weighted by Gasteiger charge is 2.15. The Bertz CT molecular complexity index is 974. The first-order valence-electron chi connectivity index (χ1n) is 8.52. The van der Waals surface area contributed by atoms with Crippen molar-refractivity contribution < 1.29 is 28.4 Å². The molecule has 0 bridgehead atoms. The minimum Gasteiger partial charge on any atom is -0.497 e. The van der Waals surface area contributed by atoms with Gasteiger partial charge in [-0.2, -0.15) is 4.98 Å². The molecule has 2 N–H and O–H groups in total. The number of carbonyl (C=O) groups excluding carboxylic acids is 1. The third-order valence-corrected chi connectivity index (χ3v) is 4.04. The number of aromatic nitrogens is 2. The summed E-state index contributed by atoms with van der Waals surface area (Å²) in [4.78, 5) is 27.3. The molecule has 0 saturated carbocycles. The molecule has 3 rings (SSSR count). The fraction of sp³-hybridized carbons (Fsp3) is 0.263. The van der Waals surface area contributed by atoms with Gasteiger partial charge in [-0.1, -0.05) is 5.16 Å². The molecule has 0 unspecified atom stereocenters. The van der Waals surface area contributed by atoms with Crippen LogP contribution >= 0.6 is 0 Å². The number of nitrogens with zero attached hydrogens (tertiary/aromatic N) is 2. The third kappa shape index (κ3) is 4.56. The summed E-state index contributed by atoms with van der Waals surface area (Å²) in [7, 11) is 1.59. The summed E-state index contributed by atoms with van der Waals surface area (Å²) in [6.45, 7) is 1.67. The lowest BCUT2D eigenvalue weighted by atomic mass is 10.2. The number of amides is 1. The number of methoxy groups -OCH3 is 1. The summed E-state index contributed by atoms with van der Waals surface area (Å²) in [5, 5.41) is 15.6. The summed E-state index contributed by atoms with van der Waals surface area (Å²) >= 11 is 0. The quantitative estimate of drug-likeness (QED) is 0.606. The van der Waals surface area contributed by atoms with Crippen LogP contribution in [0.15, 0.2) is 39.3 Å². The summed E-state index contributed by atoms with van der Waals surface area (Å²) in [5.41, 5.74) is 0.865. The second-order valence-corrected chi connectivity index (χ2v) is 6.00. The van der Waals surface area contributed by atoms with E-state index in [1.54, 1.807) is 26.2 Å². The molecule has 9 nitrogen and oxygen atoms in total. The van der Waals surface area contributed by atoms with Gasteiger partial charge in [0.05, 0.1) is 13.7 Å². The van der Waals surface area contributed by atoms with Gasteiger partial charge in [-0.05, 0) is 37.3 Å². The molecule has 2 heterocycles. The molecule has 0 fully saturated rings. The number of ether oxygens (including phenoxy) is 1. The van der Waals surface area contributed by atoms with Crippen LogP contribution in [-0.2, 0) is 17.8 Å². The molecule has 0 atom stereocenters. The van der Waals surface area contributed by atoms with Crippen LogP contribution in [0, 0.1) is 6.92 Å². The van der Waals surface area contributed by atoms with Gasteiger partial charge < -0.3 is 24.1 Å². The molecule has 28 heavy (non-hydrogen) atoms. The Morgan fingerprint density at radius 3 is 2.64 bits per heavy atom. The predicted molar refractivity (Wildman–Crippen MR) is 96.9 cm³/mol. The van der Waals surface area contributed by atoms with E-state index >= 15 is 0 Å². The average molecular weight is 385 g/mol. The Morgan fingerprint density at radius 1 is 1.25 bits per heavy atom. The lowest BCUT2D eigenvalue weighted by Crippen LogP contribution is -2.22. The van der Waals surface area contributed by atoms with Crippen LogP contribution in [0.2, 0.25) is 0 Å². The van der Waals surface area contributed by atoms with Crippen LogP contribution in [0.5, 0.6) is 5.75 Å². The predicted octanol–water partition coefficient (Wildman–Crippen LogP) is 2.59. The number of carbonyl (C=O) groups is 2. The van der Waals surface area contributed by atoms with Crippen molar-refractivity contribution in [3.05, 3.63) is 53.3 Å². The first-order chi connectivity index (χ1) is 13.5. The van der Waals surface area contributed by atoms with E-state index in [4.69, 9.17) is 18.8 Å². The lowest BCUT2D eigenvalue weighted by molar-refractivity contribution is -0.121. The van der Waals surface area contributed by atoms with Gasteiger partial charge in [-0.25, -0.2) is 4.79 Å². The summed E-state index contributed by atoms with van der Waals surface area (Å²) in [5.74, 6) is 0.883. The maximum atomic E-state index is 12.0. The molecule has 0 saturated heterocycles. The Balaban J connectivity index is 1.50. The summed E-state index contributed by atoms with van der Waals surface area (Å²) in [6.07, 6.45) is 0.433. The van der Waals surface area contributed by atoms with Crippen molar-refractivity contribution in [2.45, 2.75) is 26.3 Å². The third-order valence-electron chi connectivity index (χ3n) is 4.04. The van der Waals surface area contributed by atoms with Gasteiger partial charge in [0.2, 0.25) is 17.6 Å². The largest absolute Gasteiger partial charge is 0.497 e. The highest BCUT2D eigenvalue weighted by Crippen LogP contribution is 2.20. The number of aromatic carboxylic acids is 1. The van der Waals surface area contributed by atoms with Gasteiger partial charge >= 0.3 is 5.97 Å². The Kier molecular flexibility index (Phi) is 5.73. The van der Waals surface area contributed by atoms with E-state index in [1.165, 1.54) is 6.07 Å². The zero-order valence-electron chi connectivity index (χ0n) is 15.4. The van der Waals surface area contributed by atoms with Crippen molar-refractivity contribution >= 4 is 11.9 Å². The molecule has 1 aromatic carbocycles. The van der Waals surface area contributed by atoms with Crippen LogP contribution in [0.25, 0.3) is 11.4 Å². The van der Waals surface area contributed by atoms with Crippen molar-refractivity contribution in [3.63, 3.8) is 0 Å². The van der Waals surface area contributed by atoms with Crippen LogP contribution in [-0.4, -0.2) is 34.2 Å². The van der Waals surface area contributed by atoms with Gasteiger partial charge in [-0.3, -0.25) is 4.79 Å². The van der Waals surface area contributed by atoms with E-state index < -0.39 is 5.97 Å². The Morgan fingerprint density at radius 2 is 2.00 bits per heavy atom. The molecule has 0 aliphatic rings. The van der Waals surface area contributed by atoms with E-state index in [2.05, 4.69) is 15.5 Å². The second kappa shape index (κ2) is 8.38. The normalized spacial score (nSPS) is 10.6. The maximum absolute atomic E-state index is 12.0. The molecule has 0 spiro atoms. The van der Waals surface area contributed by atoms with E-state index in [-0.39, 0.29) is 30.9 Å². The van der Waals surface area contributed by atoms with E-state index in [0.717, 1.165) is 11.3 Å². The number of hydrogen-bond acceptors (Lipinski definition) is 7. The zero-order chi connectivity index (χ0) is 20.1. The van der Waals surface area contributed by atoms with Gasteiger partial charge in [0.1, 0.15) is 22.8 Å². The SMILES string of the molecule is COc1ccc(-c2noc(CCC(=O)NCc3cc(C(=O)O)c(C)o3)n2)cc1. The first-order valence-corrected chi connectivity index (χ1v) is 8.52. The van der Waals surface area contributed by atoms with Crippen molar-refractivity contribution in [2.75, 3.05) is 7.11 Å². The molecule has 0 radical (unpaired) electrons. The average Bonchev–Trinajstić information content (AvgIpc) is 3.31. The van der Waals surface area contributed by atoms with E-state index in [9.17, 15) is 9.59 Å². The van der Waals surface area contributed by atoms with Gasteiger partial charge in [0.15, 0.2) is 0 Å². The number of aryl methyl sites for hydroxylation is 2. The minimum atomic E-state index is -1.07. The minimum absolute atomic E-state index is 0.0844. The van der Waals surface area contributed by atoms with E-state index in [0.29, 0.717) is 23.2 Å². The Labute approximate surface area is 160 Å². The monoisotopic (exact) mass is 385 g/mol.